The van der Waals surface area contributed by atoms with Crippen LogP contribution >= 0.6 is 27.5 Å². The number of hydrogen-bond donors (Lipinski definition) is 1. The summed E-state index contributed by atoms with van der Waals surface area (Å²) in [6.45, 7) is 0.737. The zero-order valence-corrected chi connectivity index (χ0v) is 13.0. The van der Waals surface area contributed by atoms with E-state index in [0.29, 0.717) is 35.4 Å². The van der Waals surface area contributed by atoms with Gasteiger partial charge < -0.3 is 5.32 Å². The monoisotopic (exact) mass is 351 g/mol. The van der Waals surface area contributed by atoms with E-state index in [1.165, 1.54) is 0 Å². The Kier molecular flexibility index (Phi) is 4.69. The van der Waals surface area contributed by atoms with Gasteiger partial charge in [-0.2, -0.15) is 0 Å². The van der Waals surface area contributed by atoms with Gasteiger partial charge in [0, 0.05) is 17.1 Å². The number of benzene rings is 1. The van der Waals surface area contributed by atoms with Crippen LogP contribution in [0.4, 0.5) is 0 Å². The van der Waals surface area contributed by atoms with Crippen molar-refractivity contribution in [3.63, 3.8) is 0 Å². The van der Waals surface area contributed by atoms with Crippen LogP contribution in [0.5, 0.6) is 0 Å². The lowest BCUT2D eigenvalue weighted by Gasteiger charge is -2.23. The molecule has 0 aromatic heterocycles. The van der Waals surface area contributed by atoms with Gasteiger partial charge in [-0.15, -0.1) is 0 Å². The molecule has 0 amide bonds. The summed E-state index contributed by atoms with van der Waals surface area (Å²) in [6.07, 6.45) is 1.41. The lowest BCUT2D eigenvalue weighted by molar-refractivity contribution is 0.463. The van der Waals surface area contributed by atoms with Crippen LogP contribution < -0.4 is 5.32 Å². The predicted octanol–water partition coefficient (Wildman–Crippen LogP) is 2.77. The summed E-state index contributed by atoms with van der Waals surface area (Å²) in [4.78, 5) is 0. The Labute approximate surface area is 121 Å². The Morgan fingerprint density at radius 2 is 2.00 bits per heavy atom. The topological polar surface area (TPSA) is 46.2 Å². The van der Waals surface area contributed by atoms with Crippen molar-refractivity contribution < 1.29 is 8.42 Å². The van der Waals surface area contributed by atoms with E-state index in [-0.39, 0.29) is 0 Å². The first-order valence-electron chi connectivity index (χ1n) is 5.84. The lowest BCUT2D eigenvalue weighted by atomic mass is 10.1. The highest BCUT2D eigenvalue weighted by molar-refractivity contribution is 9.10. The highest BCUT2D eigenvalue weighted by Crippen LogP contribution is 2.23. The van der Waals surface area contributed by atoms with E-state index in [1.54, 1.807) is 0 Å². The molecule has 1 N–H and O–H groups in total. The van der Waals surface area contributed by atoms with Crippen LogP contribution in [-0.2, 0) is 16.4 Å². The first-order valence-corrected chi connectivity index (χ1v) is 8.83. The summed E-state index contributed by atoms with van der Waals surface area (Å²) < 4.78 is 23.5. The van der Waals surface area contributed by atoms with Crippen LogP contribution in [0.2, 0.25) is 5.02 Å². The molecule has 1 heterocycles. The van der Waals surface area contributed by atoms with Gasteiger partial charge in [-0.25, -0.2) is 8.42 Å². The Morgan fingerprint density at radius 1 is 1.33 bits per heavy atom. The fourth-order valence-electron chi connectivity index (χ4n) is 2.01. The molecule has 0 atom stereocenters. The third-order valence-corrected chi connectivity index (χ3v) is 6.06. The molecule has 100 valence electrons. The van der Waals surface area contributed by atoms with E-state index in [4.69, 9.17) is 11.6 Å². The second kappa shape index (κ2) is 5.90. The van der Waals surface area contributed by atoms with Crippen LogP contribution in [0.15, 0.2) is 22.7 Å². The van der Waals surface area contributed by atoms with E-state index in [0.717, 1.165) is 16.6 Å². The summed E-state index contributed by atoms with van der Waals surface area (Å²) in [6, 6.07) is 6.10. The van der Waals surface area contributed by atoms with Crippen molar-refractivity contribution in [2.75, 3.05) is 11.5 Å². The van der Waals surface area contributed by atoms with Crippen molar-refractivity contribution in [3.8, 4) is 0 Å². The van der Waals surface area contributed by atoms with Gasteiger partial charge in [0.05, 0.1) is 16.5 Å². The van der Waals surface area contributed by atoms with E-state index in [9.17, 15) is 8.42 Å². The molecule has 1 aromatic rings. The third-order valence-electron chi connectivity index (χ3n) is 3.13. The molecule has 3 nitrogen and oxygen atoms in total. The average molecular weight is 353 g/mol. The van der Waals surface area contributed by atoms with Crippen molar-refractivity contribution in [2.24, 2.45) is 0 Å². The van der Waals surface area contributed by atoms with Gasteiger partial charge in [0.15, 0.2) is 0 Å². The van der Waals surface area contributed by atoms with Crippen molar-refractivity contribution >= 4 is 37.4 Å². The van der Waals surface area contributed by atoms with Crippen molar-refractivity contribution in [1.29, 1.82) is 0 Å². The van der Waals surface area contributed by atoms with Gasteiger partial charge in [0.2, 0.25) is 0 Å². The molecule has 0 saturated carbocycles. The predicted molar refractivity (Wildman–Crippen MR) is 77.7 cm³/mol. The van der Waals surface area contributed by atoms with E-state index >= 15 is 0 Å². The highest BCUT2D eigenvalue weighted by atomic mass is 79.9. The summed E-state index contributed by atoms with van der Waals surface area (Å²) in [7, 11) is -2.78. The quantitative estimate of drug-likeness (QED) is 0.910. The number of rotatable bonds is 3. The molecule has 1 aliphatic heterocycles. The SMILES string of the molecule is O=S1(=O)CCC(NCc2ccc(Cl)c(Br)c2)CC1. The molecule has 0 bridgehead atoms. The van der Waals surface area contributed by atoms with Gasteiger partial charge in [-0.1, -0.05) is 17.7 Å². The Balaban J connectivity index is 1.87. The van der Waals surface area contributed by atoms with Crippen LogP contribution in [0.3, 0.4) is 0 Å². The Morgan fingerprint density at radius 3 is 2.61 bits per heavy atom. The van der Waals surface area contributed by atoms with E-state index in [2.05, 4.69) is 21.2 Å². The second-order valence-electron chi connectivity index (χ2n) is 4.56. The largest absolute Gasteiger partial charge is 0.310 e. The highest BCUT2D eigenvalue weighted by Gasteiger charge is 2.22. The summed E-state index contributed by atoms with van der Waals surface area (Å²) in [5.41, 5.74) is 1.14. The molecule has 2 rings (SSSR count). The lowest BCUT2D eigenvalue weighted by Crippen LogP contribution is -2.37. The molecule has 0 aliphatic carbocycles. The zero-order chi connectivity index (χ0) is 13.2. The van der Waals surface area contributed by atoms with Gasteiger partial charge in [-0.05, 0) is 46.5 Å². The van der Waals surface area contributed by atoms with Gasteiger partial charge in [-0.3, -0.25) is 0 Å². The molecule has 0 unspecified atom stereocenters. The van der Waals surface area contributed by atoms with Gasteiger partial charge in [0.1, 0.15) is 9.84 Å². The summed E-state index contributed by atoms with van der Waals surface area (Å²) >= 11 is 9.31. The second-order valence-corrected chi connectivity index (χ2v) is 8.12. The Bertz CT molecular complexity index is 519. The number of nitrogens with one attached hydrogen (secondary N) is 1. The maximum atomic E-state index is 11.3. The maximum absolute atomic E-state index is 11.3. The molecule has 1 aliphatic rings. The van der Waals surface area contributed by atoms with Crippen LogP contribution in [-0.4, -0.2) is 26.0 Å². The first kappa shape index (κ1) is 14.3. The molecule has 0 radical (unpaired) electrons. The van der Waals surface area contributed by atoms with Gasteiger partial charge >= 0.3 is 0 Å². The molecule has 1 saturated heterocycles. The minimum atomic E-state index is -2.78. The fraction of sp³-hybridized carbons (Fsp3) is 0.500. The van der Waals surface area contributed by atoms with Crippen LogP contribution in [0.25, 0.3) is 0 Å². The number of sulfone groups is 1. The van der Waals surface area contributed by atoms with Gasteiger partial charge in [0.25, 0.3) is 0 Å². The molecule has 1 aromatic carbocycles. The normalized spacial score (nSPS) is 19.9. The summed E-state index contributed by atoms with van der Waals surface area (Å²) in [5, 5.41) is 4.09. The Hall–Kier alpha value is -0.100. The molecule has 6 heteroatoms. The molecule has 1 fully saturated rings. The first-order chi connectivity index (χ1) is 8.46. The molecular weight excluding hydrogens is 338 g/mol. The van der Waals surface area contributed by atoms with Crippen molar-refractivity contribution in [3.05, 3.63) is 33.3 Å². The number of halogens is 2. The molecular formula is C12H15BrClNO2S. The molecule has 18 heavy (non-hydrogen) atoms. The number of hydrogen-bond acceptors (Lipinski definition) is 3. The fourth-order valence-corrected chi connectivity index (χ4v) is 4.04. The molecule has 0 spiro atoms. The van der Waals surface area contributed by atoms with Crippen molar-refractivity contribution in [1.82, 2.24) is 5.32 Å². The van der Waals surface area contributed by atoms with E-state index in [1.807, 2.05) is 18.2 Å². The maximum Gasteiger partial charge on any atom is 0.150 e. The van der Waals surface area contributed by atoms with Crippen molar-refractivity contribution in [2.45, 2.75) is 25.4 Å². The standard InChI is InChI=1S/C12H15BrClNO2S/c13-11-7-9(1-2-12(11)14)8-15-10-3-5-18(16,17)6-4-10/h1-2,7,10,15H,3-6,8H2. The van der Waals surface area contributed by atoms with E-state index < -0.39 is 9.84 Å². The third kappa shape index (κ3) is 3.95. The summed E-state index contributed by atoms with van der Waals surface area (Å²) in [5.74, 6) is 0.601. The average Bonchev–Trinajstić information content (AvgIpc) is 2.32. The minimum absolute atomic E-state index is 0.294. The smallest absolute Gasteiger partial charge is 0.150 e. The van der Waals surface area contributed by atoms with Crippen LogP contribution in [0, 0.1) is 0 Å². The minimum Gasteiger partial charge on any atom is -0.310 e. The zero-order valence-electron chi connectivity index (χ0n) is 9.83. The van der Waals surface area contributed by atoms with Crippen LogP contribution in [0.1, 0.15) is 18.4 Å².